The summed E-state index contributed by atoms with van der Waals surface area (Å²) in [6.07, 6.45) is 1.85. The Morgan fingerprint density at radius 3 is 2.61 bits per heavy atom. The van der Waals surface area contributed by atoms with E-state index in [2.05, 4.69) is 9.98 Å². The molecule has 156 valence electrons. The van der Waals surface area contributed by atoms with Crippen molar-refractivity contribution < 1.29 is 9.53 Å². The van der Waals surface area contributed by atoms with Crippen LogP contribution in [0.1, 0.15) is 16.8 Å². The average Bonchev–Trinajstić information content (AvgIpc) is 3.02. The Balaban J connectivity index is 1.45. The summed E-state index contributed by atoms with van der Waals surface area (Å²) in [4.78, 5) is 23.7. The van der Waals surface area contributed by atoms with Gasteiger partial charge in [-0.05, 0) is 60.7 Å². The highest BCUT2D eigenvalue weighted by Crippen LogP contribution is 2.33. The molecule has 0 bridgehead atoms. The number of aryl methyl sites for hydroxylation is 1. The number of thioether (sulfide) groups is 1. The van der Waals surface area contributed by atoms with Gasteiger partial charge >= 0.3 is 0 Å². The molecule has 2 heterocycles. The molecule has 3 aromatic rings. The molecule has 5 nitrogen and oxygen atoms in total. The summed E-state index contributed by atoms with van der Waals surface area (Å²) in [5.74, 6) is 1.23. The lowest BCUT2D eigenvalue weighted by atomic mass is 10.2. The van der Waals surface area contributed by atoms with Crippen LogP contribution in [0.5, 0.6) is 5.75 Å². The molecule has 0 unspecified atom stereocenters. The maximum Gasteiger partial charge on any atom is 0.266 e. The van der Waals surface area contributed by atoms with E-state index in [4.69, 9.17) is 16.3 Å². The van der Waals surface area contributed by atoms with E-state index in [9.17, 15) is 4.79 Å². The van der Waals surface area contributed by atoms with Crippen molar-refractivity contribution in [3.63, 3.8) is 0 Å². The van der Waals surface area contributed by atoms with E-state index < -0.39 is 0 Å². The number of aliphatic imine (C=N–C) groups is 1. The second kappa shape index (κ2) is 9.37. The van der Waals surface area contributed by atoms with Crippen LogP contribution in [-0.2, 0) is 11.4 Å². The highest BCUT2D eigenvalue weighted by molar-refractivity contribution is 8.18. The van der Waals surface area contributed by atoms with Crippen LogP contribution in [0, 0.1) is 6.92 Å². The number of ether oxygens (including phenoxy) is 1. The third kappa shape index (κ3) is 5.16. The minimum atomic E-state index is -0.0875. The molecule has 1 aliphatic rings. The maximum absolute atomic E-state index is 12.6. The Kier molecular flexibility index (Phi) is 6.39. The Labute approximate surface area is 190 Å². The average molecular weight is 450 g/mol. The molecule has 0 saturated carbocycles. The summed E-state index contributed by atoms with van der Waals surface area (Å²) in [6.45, 7) is 2.31. The van der Waals surface area contributed by atoms with E-state index in [0.29, 0.717) is 27.5 Å². The van der Waals surface area contributed by atoms with Crippen molar-refractivity contribution in [3.05, 3.63) is 93.5 Å². The van der Waals surface area contributed by atoms with Crippen molar-refractivity contribution in [2.45, 2.75) is 13.5 Å². The molecule has 2 aromatic carbocycles. The monoisotopic (exact) mass is 449 g/mol. The second-order valence-electron chi connectivity index (χ2n) is 6.96. The van der Waals surface area contributed by atoms with Crippen molar-refractivity contribution in [1.29, 1.82) is 0 Å². The number of pyridine rings is 1. The first-order valence-corrected chi connectivity index (χ1v) is 10.9. The fourth-order valence-corrected chi connectivity index (χ4v) is 4.09. The quantitative estimate of drug-likeness (QED) is 0.458. The summed E-state index contributed by atoms with van der Waals surface area (Å²) in [7, 11) is 1.72. The first kappa shape index (κ1) is 21.2. The lowest BCUT2D eigenvalue weighted by Gasteiger charge is -2.08. The van der Waals surface area contributed by atoms with E-state index in [1.165, 1.54) is 11.8 Å². The number of nitrogens with zero attached hydrogens (tertiary/aromatic N) is 3. The molecule has 1 aliphatic heterocycles. The smallest absolute Gasteiger partial charge is 0.266 e. The molecule has 1 saturated heterocycles. The molecule has 0 aliphatic carbocycles. The molecule has 1 aromatic heterocycles. The third-order valence-electron chi connectivity index (χ3n) is 4.62. The predicted molar refractivity (Wildman–Crippen MR) is 127 cm³/mol. The molecule has 0 atom stereocenters. The van der Waals surface area contributed by atoms with Gasteiger partial charge < -0.3 is 4.74 Å². The van der Waals surface area contributed by atoms with Gasteiger partial charge in [0.2, 0.25) is 0 Å². The highest BCUT2D eigenvalue weighted by Gasteiger charge is 2.30. The number of amidine groups is 1. The normalized spacial score (nSPS) is 16.4. The van der Waals surface area contributed by atoms with E-state index in [-0.39, 0.29) is 5.91 Å². The van der Waals surface area contributed by atoms with Gasteiger partial charge in [-0.1, -0.05) is 48.0 Å². The van der Waals surface area contributed by atoms with Gasteiger partial charge in [0, 0.05) is 23.3 Å². The van der Waals surface area contributed by atoms with Crippen molar-refractivity contribution in [3.8, 4) is 5.75 Å². The molecule has 0 N–H and O–H groups in total. The van der Waals surface area contributed by atoms with E-state index in [0.717, 1.165) is 22.6 Å². The number of rotatable bonds is 5. The van der Waals surface area contributed by atoms with Gasteiger partial charge in [-0.2, -0.15) is 0 Å². The molecule has 1 amide bonds. The first-order valence-electron chi connectivity index (χ1n) is 9.66. The van der Waals surface area contributed by atoms with Crippen LogP contribution in [0.3, 0.4) is 0 Å². The van der Waals surface area contributed by atoms with E-state index in [1.54, 1.807) is 11.9 Å². The zero-order chi connectivity index (χ0) is 21.8. The summed E-state index contributed by atoms with van der Waals surface area (Å²) in [5, 5.41) is 1.29. The zero-order valence-corrected chi connectivity index (χ0v) is 18.7. The van der Waals surface area contributed by atoms with Gasteiger partial charge in [0.15, 0.2) is 11.0 Å². The van der Waals surface area contributed by atoms with Crippen LogP contribution < -0.4 is 4.74 Å². The van der Waals surface area contributed by atoms with Crippen LogP contribution >= 0.6 is 23.4 Å². The molecular weight excluding hydrogens is 430 g/mol. The van der Waals surface area contributed by atoms with E-state index >= 15 is 0 Å². The fraction of sp³-hybridized carbons (Fsp3) is 0.125. The predicted octanol–water partition coefficient (Wildman–Crippen LogP) is 5.86. The first-order chi connectivity index (χ1) is 15.0. The number of amides is 1. The van der Waals surface area contributed by atoms with Gasteiger partial charge in [0.05, 0.1) is 4.91 Å². The van der Waals surface area contributed by atoms with Crippen LogP contribution in [0.25, 0.3) is 6.08 Å². The minimum Gasteiger partial charge on any atom is -0.489 e. The Bertz CT molecular complexity index is 1180. The van der Waals surface area contributed by atoms with Crippen LogP contribution in [0.4, 0.5) is 5.82 Å². The van der Waals surface area contributed by atoms with Gasteiger partial charge in [0.25, 0.3) is 5.91 Å². The van der Waals surface area contributed by atoms with E-state index in [1.807, 2.05) is 79.7 Å². The number of likely N-dealkylation sites (N-methyl/N-ethyl adjacent to an activating group) is 1. The van der Waals surface area contributed by atoms with Crippen molar-refractivity contribution in [1.82, 2.24) is 9.88 Å². The fourth-order valence-electron chi connectivity index (χ4n) is 2.93. The number of carbonyl (C=O) groups excluding carboxylic acids is 1. The molecule has 0 spiro atoms. The molecule has 4 rings (SSSR count). The number of hydrogen-bond donors (Lipinski definition) is 0. The van der Waals surface area contributed by atoms with Gasteiger partial charge in [-0.15, -0.1) is 0 Å². The number of halogens is 1. The van der Waals surface area contributed by atoms with Crippen molar-refractivity contribution >= 4 is 46.3 Å². The highest BCUT2D eigenvalue weighted by atomic mass is 35.5. The molecule has 1 fully saturated rings. The number of carbonyl (C=O) groups is 1. The molecule has 0 radical (unpaired) electrons. The van der Waals surface area contributed by atoms with Crippen molar-refractivity contribution in [2.75, 3.05) is 7.05 Å². The SMILES string of the molecule is Cc1cccc(/N=C2/S/C(=C\c3ccc(OCc4ccccc4Cl)cc3)C(=O)N2C)n1. The number of hydrogen-bond acceptors (Lipinski definition) is 5. The Morgan fingerprint density at radius 2 is 1.87 bits per heavy atom. The molecule has 31 heavy (non-hydrogen) atoms. The third-order valence-corrected chi connectivity index (χ3v) is 6.05. The van der Waals surface area contributed by atoms with Gasteiger partial charge in [0.1, 0.15) is 12.4 Å². The summed E-state index contributed by atoms with van der Waals surface area (Å²) in [6, 6.07) is 20.8. The largest absolute Gasteiger partial charge is 0.489 e. The number of benzene rings is 2. The van der Waals surface area contributed by atoms with Gasteiger partial charge in [-0.25, -0.2) is 9.98 Å². The number of aromatic nitrogens is 1. The van der Waals surface area contributed by atoms with Crippen LogP contribution in [-0.4, -0.2) is 28.0 Å². The molecular formula is C24H20ClN3O2S. The maximum atomic E-state index is 12.6. The Hall–Kier alpha value is -3.09. The minimum absolute atomic E-state index is 0.0875. The molecule has 7 heteroatoms. The summed E-state index contributed by atoms with van der Waals surface area (Å²) < 4.78 is 5.82. The second-order valence-corrected chi connectivity index (χ2v) is 8.37. The standard InChI is InChI=1S/C24H20ClN3O2S/c1-16-6-5-9-22(26-16)27-24-28(2)23(29)21(31-24)14-17-10-12-19(13-11-17)30-15-18-7-3-4-8-20(18)25/h3-14H,15H2,1-2H3/b21-14-,27-24+. The lowest BCUT2D eigenvalue weighted by Crippen LogP contribution is -2.23. The van der Waals surface area contributed by atoms with Crippen molar-refractivity contribution in [2.24, 2.45) is 4.99 Å². The van der Waals surface area contributed by atoms with Gasteiger partial charge in [-0.3, -0.25) is 9.69 Å². The topological polar surface area (TPSA) is 54.8 Å². The zero-order valence-electron chi connectivity index (χ0n) is 17.1. The van der Waals surface area contributed by atoms with Crippen LogP contribution in [0.2, 0.25) is 5.02 Å². The lowest BCUT2D eigenvalue weighted by molar-refractivity contribution is -0.121. The Morgan fingerprint density at radius 1 is 1.10 bits per heavy atom. The van der Waals surface area contributed by atoms with Crippen LogP contribution in [0.15, 0.2) is 76.6 Å². The summed E-state index contributed by atoms with van der Waals surface area (Å²) in [5.41, 5.74) is 2.72. The summed E-state index contributed by atoms with van der Waals surface area (Å²) >= 11 is 7.50.